The van der Waals surface area contributed by atoms with Crippen LogP contribution in [0.4, 0.5) is 0 Å². The van der Waals surface area contributed by atoms with E-state index >= 15 is 0 Å². The summed E-state index contributed by atoms with van der Waals surface area (Å²) in [5.41, 5.74) is 4.19. The number of rotatable bonds is 9. The minimum Gasteiger partial charge on any atom is -0.389 e. The number of allylic oxidation sites excluding steroid dienone is 4. The van der Waals surface area contributed by atoms with Crippen LogP contribution in [0.15, 0.2) is 71.4 Å². The zero-order valence-electron chi connectivity index (χ0n) is 17.7. The maximum absolute atomic E-state index is 10.6. The van der Waals surface area contributed by atoms with E-state index in [-0.39, 0.29) is 5.92 Å². The summed E-state index contributed by atoms with van der Waals surface area (Å²) in [5, 5.41) is 20.5. The molecule has 0 fully saturated rings. The maximum atomic E-state index is 10.6. The van der Waals surface area contributed by atoms with E-state index in [0.717, 1.165) is 16.7 Å². The van der Waals surface area contributed by atoms with Crippen molar-refractivity contribution in [3.8, 4) is 0 Å². The highest BCUT2D eigenvalue weighted by molar-refractivity contribution is 5.49. The molecule has 2 N–H and O–H groups in total. The highest BCUT2D eigenvalue weighted by Gasteiger charge is 2.15. The molecule has 0 spiro atoms. The third-order valence-electron chi connectivity index (χ3n) is 4.78. The van der Waals surface area contributed by atoms with Crippen molar-refractivity contribution in [3.05, 3.63) is 76.9 Å². The summed E-state index contributed by atoms with van der Waals surface area (Å²) in [4.78, 5) is 0. The molecule has 0 aliphatic rings. The Morgan fingerprint density at radius 3 is 2.19 bits per heavy atom. The molecule has 1 rings (SSSR count). The standard InChI is InChI=1S/C25H36O2/c1-7-24(26)20(4)17-22(6)25(27)21(5)16-19(3)15-18(2)13-14-23-11-9-8-10-12-23/h8-18,22,24-27H,7H2,1-6H3. The number of hydrogen-bond acceptors (Lipinski definition) is 2. The molecule has 2 heteroatoms. The Bertz CT molecular complexity index is 680. The minimum atomic E-state index is -0.553. The lowest BCUT2D eigenvalue weighted by molar-refractivity contribution is 0.169. The van der Waals surface area contributed by atoms with Gasteiger partial charge < -0.3 is 10.2 Å². The van der Waals surface area contributed by atoms with Crippen LogP contribution in [0.2, 0.25) is 0 Å². The smallest absolute Gasteiger partial charge is 0.0810 e. The Morgan fingerprint density at radius 2 is 1.59 bits per heavy atom. The molecule has 2 nitrogen and oxygen atoms in total. The molecular formula is C25H36O2. The molecule has 0 aromatic heterocycles. The van der Waals surface area contributed by atoms with Crippen molar-refractivity contribution in [2.45, 2.75) is 60.2 Å². The quantitative estimate of drug-likeness (QED) is 0.418. The van der Waals surface area contributed by atoms with Crippen LogP contribution < -0.4 is 0 Å². The first-order valence-corrected chi connectivity index (χ1v) is 9.88. The van der Waals surface area contributed by atoms with Gasteiger partial charge in [0.2, 0.25) is 0 Å². The van der Waals surface area contributed by atoms with Gasteiger partial charge >= 0.3 is 0 Å². The van der Waals surface area contributed by atoms with Crippen LogP contribution in [0.25, 0.3) is 6.08 Å². The zero-order chi connectivity index (χ0) is 20.4. The van der Waals surface area contributed by atoms with Crippen molar-refractivity contribution >= 4 is 6.08 Å². The molecule has 0 heterocycles. The number of benzene rings is 1. The van der Waals surface area contributed by atoms with Crippen molar-refractivity contribution < 1.29 is 10.2 Å². The van der Waals surface area contributed by atoms with Crippen LogP contribution in [0, 0.1) is 11.8 Å². The zero-order valence-corrected chi connectivity index (χ0v) is 17.7. The van der Waals surface area contributed by atoms with E-state index in [9.17, 15) is 10.2 Å². The number of hydrogen-bond donors (Lipinski definition) is 2. The lowest BCUT2D eigenvalue weighted by atomic mass is 9.93. The molecule has 0 aliphatic carbocycles. The van der Waals surface area contributed by atoms with E-state index in [1.54, 1.807) is 0 Å². The van der Waals surface area contributed by atoms with Crippen LogP contribution in [-0.2, 0) is 0 Å². The van der Waals surface area contributed by atoms with Crippen molar-refractivity contribution in [1.82, 2.24) is 0 Å². The van der Waals surface area contributed by atoms with E-state index in [2.05, 4.69) is 44.2 Å². The van der Waals surface area contributed by atoms with Gasteiger partial charge in [-0.05, 0) is 49.8 Å². The van der Waals surface area contributed by atoms with Crippen molar-refractivity contribution in [1.29, 1.82) is 0 Å². The fraction of sp³-hybridized carbons (Fsp3) is 0.440. The Hall–Kier alpha value is -1.90. The number of aliphatic hydroxyl groups excluding tert-OH is 2. The van der Waals surface area contributed by atoms with Crippen LogP contribution in [0.1, 0.15) is 53.5 Å². The summed E-state index contributed by atoms with van der Waals surface area (Å²) >= 11 is 0. The molecule has 4 unspecified atom stereocenters. The van der Waals surface area contributed by atoms with Crippen molar-refractivity contribution in [2.75, 3.05) is 0 Å². The monoisotopic (exact) mass is 368 g/mol. The molecule has 27 heavy (non-hydrogen) atoms. The summed E-state index contributed by atoms with van der Waals surface area (Å²) < 4.78 is 0. The highest BCUT2D eigenvalue weighted by atomic mass is 16.3. The second-order valence-electron chi connectivity index (χ2n) is 7.57. The topological polar surface area (TPSA) is 40.5 Å². The summed E-state index contributed by atoms with van der Waals surface area (Å²) in [5.74, 6) is 0.274. The van der Waals surface area contributed by atoms with E-state index in [1.807, 2.05) is 58.0 Å². The van der Waals surface area contributed by atoms with Crippen LogP contribution in [-0.4, -0.2) is 22.4 Å². The molecule has 1 aromatic carbocycles. The molecule has 0 radical (unpaired) electrons. The minimum absolute atomic E-state index is 0.0364. The van der Waals surface area contributed by atoms with E-state index < -0.39 is 12.2 Å². The van der Waals surface area contributed by atoms with Gasteiger partial charge in [-0.2, -0.15) is 0 Å². The molecule has 4 atom stereocenters. The van der Waals surface area contributed by atoms with Crippen LogP contribution >= 0.6 is 0 Å². The van der Waals surface area contributed by atoms with E-state index in [4.69, 9.17) is 0 Å². The summed E-state index contributed by atoms with van der Waals surface area (Å²) in [6.45, 7) is 12.0. The molecule has 148 valence electrons. The molecular weight excluding hydrogens is 332 g/mol. The Balaban J connectivity index is 2.75. The maximum Gasteiger partial charge on any atom is 0.0810 e. The average Bonchev–Trinajstić information content (AvgIpc) is 2.65. The van der Waals surface area contributed by atoms with Gasteiger partial charge in [-0.15, -0.1) is 0 Å². The van der Waals surface area contributed by atoms with Gasteiger partial charge in [0.1, 0.15) is 0 Å². The molecule has 0 saturated carbocycles. The molecule has 0 bridgehead atoms. The third-order valence-corrected chi connectivity index (χ3v) is 4.78. The van der Waals surface area contributed by atoms with Gasteiger partial charge in [-0.1, -0.05) is 87.1 Å². The lowest BCUT2D eigenvalue weighted by Crippen LogP contribution is -2.19. The lowest BCUT2D eigenvalue weighted by Gasteiger charge is -2.19. The van der Waals surface area contributed by atoms with Gasteiger partial charge in [-0.3, -0.25) is 0 Å². The summed E-state index contributed by atoms with van der Waals surface area (Å²) in [7, 11) is 0. The summed E-state index contributed by atoms with van der Waals surface area (Å²) in [6, 6.07) is 10.3. The first-order valence-electron chi connectivity index (χ1n) is 9.88. The normalized spacial score (nSPS) is 18.4. The predicted molar refractivity (Wildman–Crippen MR) is 117 cm³/mol. The predicted octanol–water partition coefficient (Wildman–Crippen LogP) is 5.94. The molecule has 1 aromatic rings. The van der Waals surface area contributed by atoms with Gasteiger partial charge in [0.25, 0.3) is 0 Å². The van der Waals surface area contributed by atoms with Crippen LogP contribution in [0.5, 0.6) is 0 Å². The van der Waals surface area contributed by atoms with Gasteiger partial charge in [0, 0.05) is 5.92 Å². The van der Waals surface area contributed by atoms with Crippen LogP contribution in [0.3, 0.4) is 0 Å². The first-order chi connectivity index (χ1) is 12.7. The molecule has 0 saturated heterocycles. The van der Waals surface area contributed by atoms with Gasteiger partial charge in [0.15, 0.2) is 0 Å². The second kappa shape index (κ2) is 11.7. The SMILES string of the molecule is CCC(O)C(C)=CC(C)C(O)C(C)=CC(C)=CC(C)C=Cc1ccccc1. The molecule has 0 aliphatic heterocycles. The van der Waals surface area contributed by atoms with Crippen molar-refractivity contribution in [3.63, 3.8) is 0 Å². The van der Waals surface area contributed by atoms with E-state index in [0.29, 0.717) is 12.3 Å². The summed E-state index contributed by atoms with van der Waals surface area (Å²) in [6.07, 6.45) is 10.2. The van der Waals surface area contributed by atoms with E-state index in [1.165, 1.54) is 5.56 Å². The molecule has 0 amide bonds. The second-order valence-corrected chi connectivity index (χ2v) is 7.57. The first kappa shape index (κ1) is 23.1. The highest BCUT2D eigenvalue weighted by Crippen LogP contribution is 2.19. The fourth-order valence-corrected chi connectivity index (χ4v) is 3.14. The number of aliphatic hydroxyl groups is 2. The Morgan fingerprint density at radius 1 is 0.963 bits per heavy atom. The largest absolute Gasteiger partial charge is 0.389 e. The Kier molecular flexibility index (Phi) is 10.1. The Labute approximate surface area is 165 Å². The van der Waals surface area contributed by atoms with Crippen molar-refractivity contribution in [2.24, 2.45) is 11.8 Å². The average molecular weight is 369 g/mol. The fourth-order valence-electron chi connectivity index (χ4n) is 3.14. The van der Waals surface area contributed by atoms with Gasteiger partial charge in [0.05, 0.1) is 12.2 Å². The van der Waals surface area contributed by atoms with Gasteiger partial charge in [-0.25, -0.2) is 0 Å². The third kappa shape index (κ3) is 8.55.